The Kier molecular flexibility index (Phi) is 3.53. The monoisotopic (exact) mass is 298 g/mol. The summed E-state index contributed by atoms with van der Waals surface area (Å²) in [6.45, 7) is 1.97. The number of pyridine rings is 1. The Hall–Kier alpha value is -2.47. The summed E-state index contributed by atoms with van der Waals surface area (Å²) < 4.78 is 1.07. The van der Waals surface area contributed by atoms with Crippen LogP contribution in [0.25, 0.3) is 10.2 Å². The molecule has 3 N–H and O–H groups in total. The van der Waals surface area contributed by atoms with E-state index in [2.05, 4.69) is 15.3 Å². The molecule has 1 aromatic carbocycles. The number of aromatic nitrogens is 2. The third kappa shape index (κ3) is 3.17. The van der Waals surface area contributed by atoms with Gasteiger partial charge in [-0.2, -0.15) is 0 Å². The van der Waals surface area contributed by atoms with Crippen molar-refractivity contribution < 1.29 is 4.79 Å². The van der Waals surface area contributed by atoms with Crippen LogP contribution in [0.4, 0.5) is 11.4 Å². The van der Waals surface area contributed by atoms with Crippen LogP contribution in [0.3, 0.4) is 0 Å². The summed E-state index contributed by atoms with van der Waals surface area (Å²) in [5.41, 5.74) is 8.57. The summed E-state index contributed by atoms with van der Waals surface area (Å²) in [6.07, 6.45) is 1.77. The van der Waals surface area contributed by atoms with Crippen LogP contribution in [0.15, 0.2) is 36.5 Å². The van der Waals surface area contributed by atoms with Crippen LogP contribution in [-0.2, 0) is 11.2 Å². The van der Waals surface area contributed by atoms with Gasteiger partial charge in [0.15, 0.2) is 0 Å². The van der Waals surface area contributed by atoms with Crippen molar-refractivity contribution in [3.8, 4) is 0 Å². The minimum Gasteiger partial charge on any atom is -0.397 e. The molecule has 106 valence electrons. The van der Waals surface area contributed by atoms with Gasteiger partial charge in [-0.25, -0.2) is 4.98 Å². The number of hydrogen-bond donors (Lipinski definition) is 2. The lowest BCUT2D eigenvalue weighted by Gasteiger charge is -2.05. The van der Waals surface area contributed by atoms with Crippen molar-refractivity contribution in [2.24, 2.45) is 0 Å². The number of carbonyl (C=O) groups excluding carboxylic acids is 1. The number of nitrogens with one attached hydrogen (secondary N) is 1. The van der Waals surface area contributed by atoms with Gasteiger partial charge < -0.3 is 11.1 Å². The molecule has 0 aliphatic rings. The van der Waals surface area contributed by atoms with Gasteiger partial charge in [-0.3, -0.25) is 9.78 Å². The van der Waals surface area contributed by atoms with Gasteiger partial charge in [0.05, 0.1) is 33.5 Å². The quantitative estimate of drug-likeness (QED) is 0.779. The van der Waals surface area contributed by atoms with E-state index in [1.165, 1.54) is 0 Å². The van der Waals surface area contributed by atoms with Gasteiger partial charge >= 0.3 is 0 Å². The zero-order chi connectivity index (χ0) is 14.8. The van der Waals surface area contributed by atoms with Gasteiger partial charge in [-0.1, -0.05) is 0 Å². The summed E-state index contributed by atoms with van der Waals surface area (Å²) in [5, 5.41) is 3.89. The molecule has 0 atom stereocenters. The molecule has 2 aromatic heterocycles. The normalized spacial score (nSPS) is 10.7. The predicted molar refractivity (Wildman–Crippen MR) is 85.3 cm³/mol. The molecular weight excluding hydrogens is 284 g/mol. The Morgan fingerprint density at radius 3 is 2.95 bits per heavy atom. The van der Waals surface area contributed by atoms with E-state index >= 15 is 0 Å². The van der Waals surface area contributed by atoms with E-state index in [1.54, 1.807) is 29.7 Å². The highest BCUT2D eigenvalue weighted by Gasteiger charge is 2.07. The molecule has 1 amide bonds. The summed E-state index contributed by atoms with van der Waals surface area (Å²) >= 11 is 1.61. The average molecular weight is 298 g/mol. The maximum atomic E-state index is 12.0. The van der Waals surface area contributed by atoms with Crippen LogP contribution in [-0.4, -0.2) is 15.9 Å². The van der Waals surface area contributed by atoms with Gasteiger partial charge in [-0.15, -0.1) is 11.3 Å². The van der Waals surface area contributed by atoms with E-state index in [0.717, 1.165) is 20.9 Å². The number of anilines is 2. The lowest BCUT2D eigenvalue weighted by molar-refractivity contribution is -0.115. The second-order valence-corrected chi connectivity index (χ2v) is 5.96. The van der Waals surface area contributed by atoms with Crippen molar-refractivity contribution in [3.63, 3.8) is 0 Å². The molecule has 0 aliphatic carbocycles. The van der Waals surface area contributed by atoms with Gasteiger partial charge in [0.2, 0.25) is 5.91 Å². The number of thiazole rings is 1. The molecule has 0 radical (unpaired) electrons. The molecule has 2 heterocycles. The number of nitrogen functional groups attached to an aromatic ring is 1. The molecule has 0 fully saturated rings. The number of nitrogens with two attached hydrogens (primary N) is 1. The molecule has 0 unspecified atom stereocenters. The van der Waals surface area contributed by atoms with Crippen molar-refractivity contribution >= 4 is 38.8 Å². The smallest absolute Gasteiger partial charge is 0.230 e. The Bertz CT molecular complexity index is 795. The van der Waals surface area contributed by atoms with Crippen LogP contribution in [0.2, 0.25) is 0 Å². The van der Waals surface area contributed by atoms with Crippen molar-refractivity contribution in [2.75, 3.05) is 11.1 Å². The van der Waals surface area contributed by atoms with Crippen molar-refractivity contribution in [2.45, 2.75) is 13.3 Å². The molecular formula is C15H14N4OS. The summed E-state index contributed by atoms with van der Waals surface area (Å²) in [7, 11) is 0. The van der Waals surface area contributed by atoms with Crippen LogP contribution in [0.5, 0.6) is 0 Å². The van der Waals surface area contributed by atoms with E-state index in [0.29, 0.717) is 11.4 Å². The number of hydrogen-bond acceptors (Lipinski definition) is 5. The number of aryl methyl sites for hydroxylation is 1. The second-order valence-electron chi connectivity index (χ2n) is 4.72. The zero-order valence-corrected chi connectivity index (χ0v) is 12.3. The molecule has 0 saturated heterocycles. The standard InChI is InChI=1S/C15H14N4OS/c1-9-18-13-5-4-12(6-14(13)21-9)19-15(20)7-11-3-2-10(16)8-17-11/h2-6,8H,7,16H2,1H3,(H,19,20). The number of fused-ring (bicyclic) bond motifs is 1. The Labute approximate surface area is 125 Å². The molecule has 0 aliphatic heterocycles. The van der Waals surface area contributed by atoms with Crippen LogP contribution in [0, 0.1) is 6.92 Å². The first kappa shape index (κ1) is 13.5. The molecule has 5 nitrogen and oxygen atoms in total. The fraction of sp³-hybridized carbons (Fsp3) is 0.133. The van der Waals surface area contributed by atoms with E-state index in [-0.39, 0.29) is 12.3 Å². The third-order valence-corrected chi connectivity index (χ3v) is 3.90. The average Bonchev–Trinajstić information content (AvgIpc) is 2.80. The summed E-state index contributed by atoms with van der Waals surface area (Å²) in [5.74, 6) is -0.104. The maximum absolute atomic E-state index is 12.0. The van der Waals surface area contributed by atoms with Gasteiger partial charge in [0.1, 0.15) is 0 Å². The third-order valence-electron chi connectivity index (χ3n) is 2.97. The second kappa shape index (κ2) is 5.49. The molecule has 21 heavy (non-hydrogen) atoms. The SMILES string of the molecule is Cc1nc2ccc(NC(=O)Cc3ccc(N)cn3)cc2s1. The fourth-order valence-electron chi connectivity index (χ4n) is 2.03. The first-order chi connectivity index (χ1) is 10.1. The molecule has 6 heteroatoms. The van der Waals surface area contributed by atoms with E-state index in [1.807, 2.05) is 25.1 Å². The first-order valence-corrected chi connectivity index (χ1v) is 7.29. The highest BCUT2D eigenvalue weighted by atomic mass is 32.1. The Morgan fingerprint density at radius 1 is 1.33 bits per heavy atom. The fourth-order valence-corrected chi connectivity index (χ4v) is 2.89. The van der Waals surface area contributed by atoms with Gasteiger partial charge in [0, 0.05) is 11.4 Å². The minimum atomic E-state index is -0.104. The predicted octanol–water partition coefficient (Wildman–Crippen LogP) is 2.76. The van der Waals surface area contributed by atoms with E-state index < -0.39 is 0 Å². The van der Waals surface area contributed by atoms with E-state index in [9.17, 15) is 4.79 Å². The minimum absolute atomic E-state index is 0.104. The summed E-state index contributed by atoms with van der Waals surface area (Å²) in [4.78, 5) is 20.5. The maximum Gasteiger partial charge on any atom is 0.230 e. The highest BCUT2D eigenvalue weighted by molar-refractivity contribution is 7.18. The van der Waals surface area contributed by atoms with Crippen LogP contribution in [0.1, 0.15) is 10.7 Å². The molecule has 0 bridgehead atoms. The zero-order valence-electron chi connectivity index (χ0n) is 11.5. The van der Waals surface area contributed by atoms with Crippen LogP contribution >= 0.6 is 11.3 Å². The van der Waals surface area contributed by atoms with Crippen molar-refractivity contribution in [1.29, 1.82) is 0 Å². The Balaban J connectivity index is 1.71. The molecule has 0 spiro atoms. The van der Waals surface area contributed by atoms with E-state index in [4.69, 9.17) is 5.73 Å². The lowest BCUT2D eigenvalue weighted by atomic mass is 10.2. The topological polar surface area (TPSA) is 80.9 Å². The van der Waals surface area contributed by atoms with Gasteiger partial charge in [0.25, 0.3) is 0 Å². The van der Waals surface area contributed by atoms with Gasteiger partial charge in [-0.05, 0) is 37.3 Å². The number of amides is 1. The largest absolute Gasteiger partial charge is 0.397 e. The van der Waals surface area contributed by atoms with Crippen molar-refractivity contribution in [3.05, 3.63) is 47.2 Å². The number of benzene rings is 1. The first-order valence-electron chi connectivity index (χ1n) is 6.47. The number of nitrogens with zero attached hydrogens (tertiary/aromatic N) is 2. The highest BCUT2D eigenvalue weighted by Crippen LogP contribution is 2.24. The molecule has 3 rings (SSSR count). The van der Waals surface area contributed by atoms with Crippen molar-refractivity contribution in [1.82, 2.24) is 9.97 Å². The molecule has 0 saturated carbocycles. The number of carbonyl (C=O) groups is 1. The molecule has 3 aromatic rings. The Morgan fingerprint density at radius 2 is 2.19 bits per heavy atom. The van der Waals surface area contributed by atoms with Crippen LogP contribution < -0.4 is 11.1 Å². The lowest BCUT2D eigenvalue weighted by Crippen LogP contribution is -2.15. The summed E-state index contributed by atoms with van der Waals surface area (Å²) in [6, 6.07) is 9.20. The number of rotatable bonds is 3.